The molecule has 1 aliphatic heterocycles. The fourth-order valence-electron chi connectivity index (χ4n) is 5.14. The van der Waals surface area contributed by atoms with E-state index in [1.807, 2.05) is 0 Å². The Morgan fingerprint density at radius 2 is 1.94 bits per heavy atom. The van der Waals surface area contributed by atoms with Gasteiger partial charge in [-0.3, -0.25) is 4.90 Å². The predicted molar refractivity (Wildman–Crippen MR) is 133 cm³/mol. The van der Waals surface area contributed by atoms with E-state index in [4.69, 9.17) is 4.74 Å². The second-order valence-electron chi connectivity index (χ2n) is 9.22. The molecule has 2 unspecified atom stereocenters. The van der Waals surface area contributed by atoms with Gasteiger partial charge >= 0.3 is 0 Å². The molecule has 1 heterocycles. The van der Waals surface area contributed by atoms with Crippen LogP contribution in [0.3, 0.4) is 0 Å². The van der Waals surface area contributed by atoms with Crippen LogP contribution in [-0.4, -0.2) is 24.6 Å². The van der Waals surface area contributed by atoms with Crippen molar-refractivity contribution in [2.75, 3.05) is 19.7 Å². The third-order valence-electron chi connectivity index (χ3n) is 7.07. The third-order valence-corrected chi connectivity index (χ3v) is 7.07. The molecule has 2 aromatic carbocycles. The van der Waals surface area contributed by atoms with Crippen molar-refractivity contribution in [1.29, 1.82) is 0 Å². The van der Waals surface area contributed by atoms with E-state index >= 15 is 4.39 Å². The second-order valence-corrected chi connectivity index (χ2v) is 9.22. The molecule has 2 atom stereocenters. The number of rotatable bonds is 11. The Morgan fingerprint density at radius 1 is 1.16 bits per heavy atom. The Balaban J connectivity index is 1.84. The molecular weight excluding hydrogens is 397 g/mol. The van der Waals surface area contributed by atoms with Crippen LogP contribution in [0.2, 0.25) is 0 Å². The van der Waals surface area contributed by atoms with Crippen LogP contribution in [0, 0.1) is 12.7 Å². The van der Waals surface area contributed by atoms with Gasteiger partial charge in [0.05, 0.1) is 0 Å². The van der Waals surface area contributed by atoms with Gasteiger partial charge in [-0.25, -0.2) is 4.39 Å². The fourth-order valence-corrected chi connectivity index (χ4v) is 5.14. The van der Waals surface area contributed by atoms with Crippen LogP contribution in [0.15, 0.2) is 49.1 Å². The predicted octanol–water partition coefficient (Wildman–Crippen LogP) is 7.93. The lowest BCUT2D eigenvalue weighted by molar-refractivity contribution is 0.247. The molecule has 2 aromatic rings. The van der Waals surface area contributed by atoms with Crippen molar-refractivity contribution in [1.82, 2.24) is 4.90 Å². The van der Waals surface area contributed by atoms with Crippen molar-refractivity contribution < 1.29 is 9.13 Å². The first-order valence-corrected chi connectivity index (χ1v) is 12.4. The van der Waals surface area contributed by atoms with Crippen LogP contribution in [-0.2, 0) is 0 Å². The Hall–Kier alpha value is -2.13. The van der Waals surface area contributed by atoms with Gasteiger partial charge < -0.3 is 4.74 Å². The molecule has 0 saturated carbocycles. The van der Waals surface area contributed by atoms with Crippen molar-refractivity contribution in [3.8, 4) is 5.75 Å². The van der Waals surface area contributed by atoms with Crippen molar-refractivity contribution in [2.45, 2.75) is 77.7 Å². The standard InChI is InChI=1S/C29H40FNO/c1-6-10-15-31-20-25(23-12-14-29(21(5)17-23)32-16-7-2)19-28(31)26-13-11-24(18-27(26)30)22(8-3)9-4/h7,11-14,17-18,22,25,28H,2,6,8-10,15-16,19-20H2,1,3-5H3. The minimum absolute atomic E-state index is 0.0362. The van der Waals surface area contributed by atoms with Gasteiger partial charge in [0.15, 0.2) is 0 Å². The molecule has 32 heavy (non-hydrogen) atoms. The molecule has 0 bridgehead atoms. The molecule has 0 amide bonds. The number of unbranched alkanes of at least 4 members (excludes halogenated alkanes) is 1. The number of ether oxygens (including phenoxy) is 1. The van der Waals surface area contributed by atoms with E-state index in [0.29, 0.717) is 18.4 Å². The summed E-state index contributed by atoms with van der Waals surface area (Å²) in [6.45, 7) is 14.9. The monoisotopic (exact) mass is 437 g/mol. The van der Waals surface area contributed by atoms with E-state index in [1.54, 1.807) is 12.1 Å². The normalized spacial score (nSPS) is 18.9. The molecule has 0 spiro atoms. The van der Waals surface area contributed by atoms with E-state index in [9.17, 15) is 0 Å². The molecule has 1 aliphatic rings. The summed E-state index contributed by atoms with van der Waals surface area (Å²) < 4.78 is 21.1. The summed E-state index contributed by atoms with van der Waals surface area (Å²) in [5.41, 5.74) is 4.47. The molecule has 174 valence electrons. The van der Waals surface area contributed by atoms with Crippen molar-refractivity contribution in [3.05, 3.63) is 77.1 Å². The van der Waals surface area contributed by atoms with Crippen molar-refractivity contribution in [2.24, 2.45) is 0 Å². The number of hydrogen-bond acceptors (Lipinski definition) is 2. The smallest absolute Gasteiger partial charge is 0.128 e. The van der Waals surface area contributed by atoms with Gasteiger partial charge in [-0.1, -0.05) is 64.1 Å². The summed E-state index contributed by atoms with van der Waals surface area (Å²) in [6.07, 6.45) is 7.12. The number of nitrogens with zero attached hydrogens (tertiary/aromatic N) is 1. The first-order valence-electron chi connectivity index (χ1n) is 12.4. The minimum Gasteiger partial charge on any atom is -0.489 e. The molecule has 1 saturated heterocycles. The van der Waals surface area contributed by atoms with E-state index in [2.05, 4.69) is 69.5 Å². The molecule has 0 radical (unpaired) electrons. The van der Waals surface area contributed by atoms with Crippen LogP contribution >= 0.6 is 0 Å². The molecule has 1 fully saturated rings. The van der Waals surface area contributed by atoms with Crippen LogP contribution in [0.25, 0.3) is 0 Å². The fraction of sp³-hybridized carbons (Fsp3) is 0.517. The number of aryl methyl sites for hydroxylation is 1. The second kappa shape index (κ2) is 11.7. The molecular formula is C29H40FNO. The summed E-state index contributed by atoms with van der Waals surface area (Å²) in [6, 6.07) is 12.7. The van der Waals surface area contributed by atoms with Crippen LogP contribution in [0.4, 0.5) is 4.39 Å². The number of hydrogen-bond donors (Lipinski definition) is 0. The zero-order valence-corrected chi connectivity index (χ0v) is 20.4. The molecule has 0 aliphatic carbocycles. The lowest BCUT2D eigenvalue weighted by Gasteiger charge is -2.25. The maximum atomic E-state index is 15.3. The Labute approximate surface area is 194 Å². The highest BCUT2D eigenvalue weighted by Gasteiger charge is 2.35. The highest BCUT2D eigenvalue weighted by Crippen LogP contribution is 2.42. The maximum Gasteiger partial charge on any atom is 0.128 e. The van der Waals surface area contributed by atoms with Crippen LogP contribution in [0.5, 0.6) is 5.75 Å². The van der Waals surface area contributed by atoms with E-state index in [-0.39, 0.29) is 11.9 Å². The van der Waals surface area contributed by atoms with Gasteiger partial charge in [-0.05, 0) is 79.8 Å². The SMILES string of the molecule is C=CCOc1ccc(C2CC(c3ccc(C(CC)CC)cc3F)N(CCCC)C2)cc1C. The summed E-state index contributed by atoms with van der Waals surface area (Å²) in [7, 11) is 0. The topological polar surface area (TPSA) is 12.5 Å². The van der Waals surface area contributed by atoms with Crippen LogP contribution in [0.1, 0.15) is 93.0 Å². The quantitative estimate of drug-likeness (QED) is 0.331. The zero-order chi connectivity index (χ0) is 23.1. The first kappa shape index (κ1) is 24.5. The highest BCUT2D eigenvalue weighted by molar-refractivity contribution is 5.39. The van der Waals surface area contributed by atoms with Gasteiger partial charge in [0.25, 0.3) is 0 Å². The third kappa shape index (κ3) is 5.61. The molecule has 0 aromatic heterocycles. The van der Waals surface area contributed by atoms with Crippen molar-refractivity contribution >= 4 is 0 Å². The maximum absolute atomic E-state index is 15.3. The molecule has 3 rings (SSSR count). The molecule has 2 nitrogen and oxygen atoms in total. The molecule has 0 N–H and O–H groups in total. The van der Waals surface area contributed by atoms with E-state index < -0.39 is 0 Å². The zero-order valence-electron chi connectivity index (χ0n) is 20.4. The Morgan fingerprint density at radius 3 is 2.56 bits per heavy atom. The highest BCUT2D eigenvalue weighted by atomic mass is 19.1. The number of benzene rings is 2. The lowest BCUT2D eigenvalue weighted by Crippen LogP contribution is -2.25. The van der Waals surface area contributed by atoms with Gasteiger partial charge in [-0.15, -0.1) is 0 Å². The lowest BCUT2D eigenvalue weighted by atomic mass is 9.90. The summed E-state index contributed by atoms with van der Waals surface area (Å²) >= 11 is 0. The molecule has 3 heteroatoms. The Kier molecular flexibility index (Phi) is 8.92. The average molecular weight is 438 g/mol. The van der Waals surface area contributed by atoms with E-state index in [1.165, 1.54) is 5.56 Å². The van der Waals surface area contributed by atoms with Gasteiger partial charge in [0.1, 0.15) is 18.2 Å². The average Bonchev–Trinajstić information content (AvgIpc) is 3.21. The van der Waals surface area contributed by atoms with Gasteiger partial charge in [-0.2, -0.15) is 0 Å². The van der Waals surface area contributed by atoms with Crippen LogP contribution < -0.4 is 4.74 Å². The first-order chi connectivity index (χ1) is 15.5. The number of likely N-dealkylation sites (tertiary alicyclic amines) is 1. The largest absolute Gasteiger partial charge is 0.489 e. The van der Waals surface area contributed by atoms with Gasteiger partial charge in [0.2, 0.25) is 0 Å². The van der Waals surface area contributed by atoms with E-state index in [0.717, 1.165) is 67.6 Å². The summed E-state index contributed by atoms with van der Waals surface area (Å²) in [5, 5.41) is 0. The number of halogens is 1. The summed E-state index contributed by atoms with van der Waals surface area (Å²) in [5.74, 6) is 1.72. The van der Waals surface area contributed by atoms with Crippen molar-refractivity contribution in [3.63, 3.8) is 0 Å². The minimum atomic E-state index is -0.0362. The summed E-state index contributed by atoms with van der Waals surface area (Å²) in [4.78, 5) is 2.50. The Bertz CT molecular complexity index is 889. The van der Waals surface area contributed by atoms with Gasteiger partial charge in [0, 0.05) is 18.2 Å².